The van der Waals surface area contributed by atoms with Crippen molar-refractivity contribution in [3.63, 3.8) is 0 Å². The molecular formula is C15H12ClF3N2. The summed E-state index contributed by atoms with van der Waals surface area (Å²) in [5.74, 6) is 0. The Balaban J connectivity index is 2.54. The lowest BCUT2D eigenvalue weighted by Crippen LogP contribution is -2.06. The first kappa shape index (κ1) is 15.5. The summed E-state index contributed by atoms with van der Waals surface area (Å²) in [4.78, 5) is 8.15. The van der Waals surface area contributed by atoms with Gasteiger partial charge in [-0.05, 0) is 43.2 Å². The highest BCUT2D eigenvalue weighted by Gasteiger charge is 2.34. The van der Waals surface area contributed by atoms with Crippen molar-refractivity contribution >= 4 is 23.0 Å². The predicted octanol–water partition coefficient (Wildman–Crippen LogP) is 5.20. The molecule has 0 atom stereocenters. The average molecular weight is 313 g/mol. The smallest absolute Gasteiger partial charge is 0.265 e. The molecule has 0 aliphatic carbocycles. The van der Waals surface area contributed by atoms with E-state index in [4.69, 9.17) is 11.6 Å². The molecule has 1 aromatic heterocycles. The minimum Gasteiger partial charge on any atom is -0.265 e. The number of hydrogen-bond acceptors (Lipinski definition) is 2. The van der Waals surface area contributed by atoms with E-state index in [1.807, 2.05) is 0 Å². The Morgan fingerprint density at radius 2 is 1.76 bits per heavy atom. The first-order valence-corrected chi connectivity index (χ1v) is 6.50. The zero-order chi connectivity index (χ0) is 15.6. The number of aliphatic imine (C=N–C) groups is 1. The van der Waals surface area contributed by atoms with Crippen LogP contribution in [0.2, 0.25) is 5.02 Å². The summed E-state index contributed by atoms with van der Waals surface area (Å²) in [6.07, 6.45) is -1.32. The molecule has 0 aliphatic rings. The molecular weight excluding hydrogens is 301 g/mol. The second-order valence-corrected chi connectivity index (χ2v) is 4.90. The topological polar surface area (TPSA) is 25.2 Å². The van der Waals surface area contributed by atoms with Gasteiger partial charge >= 0.3 is 6.18 Å². The predicted molar refractivity (Wildman–Crippen MR) is 77.3 cm³/mol. The van der Waals surface area contributed by atoms with E-state index in [0.29, 0.717) is 11.3 Å². The number of benzene rings is 1. The molecule has 0 amide bonds. The van der Waals surface area contributed by atoms with Gasteiger partial charge in [0.05, 0.1) is 16.3 Å². The number of alkyl halides is 3. The van der Waals surface area contributed by atoms with Gasteiger partial charge in [0.1, 0.15) is 0 Å². The first-order chi connectivity index (χ1) is 9.80. The number of pyridine rings is 1. The number of aromatic nitrogens is 1. The van der Waals surface area contributed by atoms with Gasteiger partial charge in [-0.3, -0.25) is 9.98 Å². The monoisotopic (exact) mass is 312 g/mol. The second kappa shape index (κ2) is 5.85. The lowest BCUT2D eigenvalue weighted by Gasteiger charge is -2.13. The molecule has 1 heterocycles. The quantitative estimate of drug-likeness (QED) is 0.699. The maximum absolute atomic E-state index is 12.9. The Morgan fingerprint density at radius 1 is 1.14 bits per heavy atom. The molecule has 2 aromatic rings. The van der Waals surface area contributed by atoms with E-state index in [1.165, 1.54) is 6.07 Å². The van der Waals surface area contributed by atoms with Crippen LogP contribution in [0, 0.1) is 6.92 Å². The summed E-state index contributed by atoms with van der Waals surface area (Å²) < 4.78 is 38.6. The Kier molecular flexibility index (Phi) is 4.32. The Bertz CT molecular complexity index is 679. The van der Waals surface area contributed by atoms with Crippen molar-refractivity contribution in [3.8, 4) is 0 Å². The highest BCUT2D eigenvalue weighted by atomic mass is 35.5. The maximum atomic E-state index is 12.9. The number of halogens is 4. The van der Waals surface area contributed by atoms with Crippen LogP contribution in [-0.4, -0.2) is 10.7 Å². The van der Waals surface area contributed by atoms with E-state index >= 15 is 0 Å². The summed E-state index contributed by atoms with van der Waals surface area (Å²) in [6.45, 7) is 3.38. The fraction of sp³-hybridized carbons (Fsp3) is 0.200. The molecule has 0 saturated heterocycles. The molecule has 6 heteroatoms. The fourth-order valence-electron chi connectivity index (χ4n) is 1.84. The van der Waals surface area contributed by atoms with Crippen molar-refractivity contribution < 1.29 is 13.2 Å². The number of hydrogen-bond donors (Lipinski definition) is 0. The van der Waals surface area contributed by atoms with E-state index < -0.39 is 11.7 Å². The van der Waals surface area contributed by atoms with Crippen LogP contribution < -0.4 is 0 Å². The number of aryl methyl sites for hydroxylation is 1. The zero-order valence-electron chi connectivity index (χ0n) is 11.4. The van der Waals surface area contributed by atoms with Gasteiger partial charge in [0.2, 0.25) is 0 Å². The molecule has 2 rings (SSSR count). The molecule has 2 nitrogen and oxygen atoms in total. The Labute approximate surface area is 125 Å². The van der Waals surface area contributed by atoms with Crippen molar-refractivity contribution in [1.29, 1.82) is 0 Å². The highest BCUT2D eigenvalue weighted by Crippen LogP contribution is 2.41. The van der Waals surface area contributed by atoms with Gasteiger partial charge < -0.3 is 0 Å². The van der Waals surface area contributed by atoms with E-state index in [2.05, 4.69) is 9.98 Å². The highest BCUT2D eigenvalue weighted by molar-refractivity contribution is 6.34. The van der Waals surface area contributed by atoms with Crippen molar-refractivity contribution in [2.45, 2.75) is 20.0 Å². The van der Waals surface area contributed by atoms with E-state index in [-0.39, 0.29) is 10.7 Å². The Hall–Kier alpha value is -1.88. The summed E-state index contributed by atoms with van der Waals surface area (Å²) >= 11 is 5.89. The lowest BCUT2D eigenvalue weighted by atomic mass is 10.1. The normalized spacial score (nSPS) is 12.6. The molecule has 0 fully saturated rings. The molecule has 0 N–H and O–H groups in total. The van der Waals surface area contributed by atoms with Gasteiger partial charge in [0, 0.05) is 18.1 Å². The fourth-order valence-corrected chi connectivity index (χ4v) is 2.20. The molecule has 0 saturated carbocycles. The van der Waals surface area contributed by atoms with Gasteiger partial charge in [0.15, 0.2) is 0 Å². The molecule has 0 spiro atoms. The van der Waals surface area contributed by atoms with E-state index in [0.717, 1.165) is 11.6 Å². The van der Waals surface area contributed by atoms with Crippen LogP contribution in [0.3, 0.4) is 0 Å². The zero-order valence-corrected chi connectivity index (χ0v) is 12.1. The molecule has 110 valence electrons. The third kappa shape index (κ3) is 3.42. The van der Waals surface area contributed by atoms with Crippen LogP contribution in [0.25, 0.3) is 0 Å². The van der Waals surface area contributed by atoms with E-state index in [1.54, 1.807) is 38.4 Å². The van der Waals surface area contributed by atoms with Crippen LogP contribution in [-0.2, 0) is 6.18 Å². The molecule has 0 bridgehead atoms. The Morgan fingerprint density at radius 3 is 2.33 bits per heavy atom. The van der Waals surface area contributed by atoms with Crippen LogP contribution >= 0.6 is 11.6 Å². The molecule has 0 radical (unpaired) electrons. The van der Waals surface area contributed by atoms with Crippen molar-refractivity contribution in [2.24, 2.45) is 4.99 Å². The second-order valence-electron chi connectivity index (χ2n) is 4.52. The van der Waals surface area contributed by atoms with Gasteiger partial charge in [-0.15, -0.1) is 0 Å². The van der Waals surface area contributed by atoms with Crippen LogP contribution in [0.4, 0.5) is 18.9 Å². The summed E-state index contributed by atoms with van der Waals surface area (Å²) in [5.41, 5.74) is 1.19. The summed E-state index contributed by atoms with van der Waals surface area (Å²) in [6, 6.07) is 5.80. The van der Waals surface area contributed by atoms with Crippen molar-refractivity contribution in [2.75, 3.05) is 0 Å². The minimum absolute atomic E-state index is 0.140. The van der Waals surface area contributed by atoms with Crippen LogP contribution in [0.15, 0.2) is 41.7 Å². The van der Waals surface area contributed by atoms with Gasteiger partial charge in [-0.2, -0.15) is 13.2 Å². The first-order valence-electron chi connectivity index (χ1n) is 6.12. The number of nitrogens with zero attached hydrogens (tertiary/aromatic N) is 2. The number of rotatable bonds is 2. The molecule has 0 unspecified atom stereocenters. The molecule has 21 heavy (non-hydrogen) atoms. The van der Waals surface area contributed by atoms with Gasteiger partial charge in [0.25, 0.3) is 0 Å². The lowest BCUT2D eigenvalue weighted by molar-refractivity contribution is -0.137. The SMILES string of the molecule is C/C(=N\c1c(C)ccc(C(F)(F)F)c1Cl)c1ccncc1. The summed E-state index contributed by atoms with van der Waals surface area (Å²) in [5, 5.41) is -0.379. The third-order valence-electron chi connectivity index (χ3n) is 3.00. The van der Waals surface area contributed by atoms with Crippen LogP contribution in [0.5, 0.6) is 0 Å². The van der Waals surface area contributed by atoms with Crippen LogP contribution in [0.1, 0.15) is 23.6 Å². The standard InChI is InChI=1S/C15H12ClF3N2/c1-9-3-4-12(15(17,18)19)13(16)14(9)21-10(2)11-5-7-20-8-6-11/h3-8H,1-2H3/b21-10+. The summed E-state index contributed by atoms with van der Waals surface area (Å²) in [7, 11) is 0. The van der Waals surface area contributed by atoms with Gasteiger partial charge in [-0.25, -0.2) is 0 Å². The minimum atomic E-state index is -4.50. The average Bonchev–Trinajstić information content (AvgIpc) is 2.42. The van der Waals surface area contributed by atoms with E-state index in [9.17, 15) is 13.2 Å². The largest absolute Gasteiger partial charge is 0.417 e. The molecule has 0 aliphatic heterocycles. The van der Waals surface area contributed by atoms with Crippen molar-refractivity contribution in [1.82, 2.24) is 4.98 Å². The van der Waals surface area contributed by atoms with Gasteiger partial charge in [-0.1, -0.05) is 17.7 Å². The third-order valence-corrected chi connectivity index (χ3v) is 3.38. The molecule has 1 aromatic carbocycles. The maximum Gasteiger partial charge on any atom is 0.417 e. The van der Waals surface area contributed by atoms with Crippen molar-refractivity contribution in [3.05, 3.63) is 58.4 Å².